The highest BCUT2D eigenvalue weighted by atomic mass is 16.2. The molecule has 2 heterocycles. The van der Waals surface area contributed by atoms with Crippen molar-refractivity contribution >= 4 is 11.8 Å². The maximum Gasteiger partial charge on any atom is 0.239 e. The Hall–Kier alpha value is -1.88. The van der Waals surface area contributed by atoms with E-state index in [1.165, 1.54) is 5.56 Å². The lowest BCUT2D eigenvalue weighted by Crippen LogP contribution is -2.58. The van der Waals surface area contributed by atoms with E-state index >= 15 is 0 Å². The molecule has 23 heavy (non-hydrogen) atoms. The first-order valence-electron chi connectivity index (χ1n) is 8.57. The maximum absolute atomic E-state index is 12.5. The molecular weight excluding hydrogens is 290 g/mol. The van der Waals surface area contributed by atoms with Crippen LogP contribution in [-0.2, 0) is 16.0 Å². The first-order chi connectivity index (χ1) is 11.2. The van der Waals surface area contributed by atoms with Gasteiger partial charge in [-0.3, -0.25) is 14.5 Å². The van der Waals surface area contributed by atoms with Crippen LogP contribution in [0.2, 0.25) is 0 Å². The highest BCUT2D eigenvalue weighted by molar-refractivity contribution is 5.84. The van der Waals surface area contributed by atoms with Crippen LogP contribution in [0.25, 0.3) is 0 Å². The number of fused-ring (bicyclic) bond motifs is 1. The van der Waals surface area contributed by atoms with Gasteiger partial charge in [-0.1, -0.05) is 30.3 Å². The Morgan fingerprint density at radius 3 is 2.83 bits per heavy atom. The van der Waals surface area contributed by atoms with Crippen LogP contribution in [-0.4, -0.2) is 60.4 Å². The molecule has 0 bridgehead atoms. The summed E-state index contributed by atoms with van der Waals surface area (Å²) in [6, 6.07) is 10.1. The van der Waals surface area contributed by atoms with Gasteiger partial charge in [0.05, 0.1) is 0 Å². The summed E-state index contributed by atoms with van der Waals surface area (Å²) < 4.78 is 0. The summed E-state index contributed by atoms with van der Waals surface area (Å²) >= 11 is 0. The van der Waals surface area contributed by atoms with Crippen LogP contribution >= 0.6 is 0 Å². The van der Waals surface area contributed by atoms with Gasteiger partial charge in [0, 0.05) is 39.1 Å². The molecular formula is C18H25N3O2. The van der Waals surface area contributed by atoms with Crippen molar-refractivity contribution in [2.75, 3.05) is 32.7 Å². The summed E-state index contributed by atoms with van der Waals surface area (Å²) in [7, 11) is 0. The summed E-state index contributed by atoms with van der Waals surface area (Å²) in [4.78, 5) is 28.7. The number of amides is 2. The van der Waals surface area contributed by atoms with Crippen LogP contribution < -0.4 is 5.32 Å². The fraction of sp³-hybridized carbons (Fsp3) is 0.556. The lowest BCUT2D eigenvalue weighted by atomic mass is 10.1. The highest BCUT2D eigenvalue weighted by Crippen LogP contribution is 2.14. The predicted molar refractivity (Wildman–Crippen MR) is 88.9 cm³/mol. The van der Waals surface area contributed by atoms with E-state index in [0.717, 1.165) is 45.4 Å². The van der Waals surface area contributed by atoms with Gasteiger partial charge in [-0.15, -0.1) is 0 Å². The second-order valence-corrected chi connectivity index (χ2v) is 6.38. The van der Waals surface area contributed by atoms with Gasteiger partial charge in [0.1, 0.15) is 6.04 Å². The molecule has 1 N–H and O–H groups in total. The van der Waals surface area contributed by atoms with Gasteiger partial charge in [-0.05, 0) is 24.8 Å². The van der Waals surface area contributed by atoms with Gasteiger partial charge in [-0.2, -0.15) is 0 Å². The number of piperazine rings is 1. The Balaban J connectivity index is 1.51. The number of hydrogen-bond acceptors (Lipinski definition) is 3. The first-order valence-corrected chi connectivity index (χ1v) is 8.57. The van der Waals surface area contributed by atoms with Crippen molar-refractivity contribution in [1.82, 2.24) is 15.1 Å². The molecule has 2 aliphatic rings. The Morgan fingerprint density at radius 2 is 2.00 bits per heavy atom. The minimum absolute atomic E-state index is 0.0697. The number of nitrogens with one attached hydrogen (secondary N) is 1. The van der Waals surface area contributed by atoms with E-state index in [1.807, 2.05) is 23.1 Å². The summed E-state index contributed by atoms with van der Waals surface area (Å²) in [6.45, 7) is 3.83. The average molecular weight is 315 g/mol. The quantitative estimate of drug-likeness (QED) is 0.903. The van der Waals surface area contributed by atoms with Crippen LogP contribution in [0.15, 0.2) is 30.3 Å². The molecule has 1 aromatic rings. The Morgan fingerprint density at radius 1 is 1.17 bits per heavy atom. The van der Waals surface area contributed by atoms with Gasteiger partial charge < -0.3 is 10.2 Å². The summed E-state index contributed by atoms with van der Waals surface area (Å²) in [5.74, 6) is 0.251. The standard InChI is InChI=1S/C18H25N3O2/c22-17(9-4-8-15-6-2-1-3-7-15)21-12-5-11-20-13-10-19-18(23)16(20)14-21/h1-3,6-7,16H,4-5,8-14H2,(H,19,23). The van der Waals surface area contributed by atoms with Gasteiger partial charge >= 0.3 is 0 Å². The second-order valence-electron chi connectivity index (χ2n) is 6.38. The lowest BCUT2D eigenvalue weighted by Gasteiger charge is -2.34. The van der Waals surface area contributed by atoms with Crippen LogP contribution in [0, 0.1) is 0 Å². The highest BCUT2D eigenvalue weighted by Gasteiger charge is 2.34. The summed E-state index contributed by atoms with van der Waals surface area (Å²) in [5.41, 5.74) is 1.27. The van der Waals surface area contributed by atoms with E-state index in [9.17, 15) is 9.59 Å². The molecule has 5 heteroatoms. The smallest absolute Gasteiger partial charge is 0.239 e. The molecule has 2 fully saturated rings. The summed E-state index contributed by atoms with van der Waals surface area (Å²) in [6.07, 6.45) is 3.30. The van der Waals surface area contributed by atoms with E-state index in [0.29, 0.717) is 13.0 Å². The molecule has 1 unspecified atom stereocenters. The zero-order valence-electron chi connectivity index (χ0n) is 13.5. The molecule has 0 saturated carbocycles. The van der Waals surface area contributed by atoms with Gasteiger partial charge in [0.15, 0.2) is 0 Å². The minimum Gasteiger partial charge on any atom is -0.353 e. The molecule has 124 valence electrons. The fourth-order valence-corrected chi connectivity index (χ4v) is 3.47. The Bertz CT molecular complexity index is 546. The van der Waals surface area contributed by atoms with Gasteiger partial charge in [0.25, 0.3) is 0 Å². The van der Waals surface area contributed by atoms with Crippen LogP contribution in [0.1, 0.15) is 24.8 Å². The molecule has 0 aromatic heterocycles. The van der Waals surface area contributed by atoms with E-state index in [2.05, 4.69) is 22.3 Å². The van der Waals surface area contributed by atoms with Crippen LogP contribution in [0.4, 0.5) is 0 Å². The lowest BCUT2D eigenvalue weighted by molar-refractivity contribution is -0.134. The van der Waals surface area contributed by atoms with Crippen molar-refractivity contribution in [2.45, 2.75) is 31.7 Å². The van der Waals surface area contributed by atoms with Crippen molar-refractivity contribution < 1.29 is 9.59 Å². The van der Waals surface area contributed by atoms with E-state index in [1.54, 1.807) is 0 Å². The third-order valence-electron chi connectivity index (χ3n) is 4.76. The second kappa shape index (κ2) is 7.59. The number of hydrogen-bond donors (Lipinski definition) is 1. The van der Waals surface area contributed by atoms with Crippen LogP contribution in [0.5, 0.6) is 0 Å². The fourth-order valence-electron chi connectivity index (χ4n) is 3.47. The van der Waals surface area contributed by atoms with Crippen molar-refractivity contribution in [3.05, 3.63) is 35.9 Å². The van der Waals surface area contributed by atoms with Crippen molar-refractivity contribution in [1.29, 1.82) is 0 Å². The molecule has 5 nitrogen and oxygen atoms in total. The maximum atomic E-state index is 12.5. The zero-order chi connectivity index (χ0) is 16.1. The van der Waals surface area contributed by atoms with Gasteiger partial charge in [-0.25, -0.2) is 0 Å². The third kappa shape index (κ3) is 4.10. The Kier molecular flexibility index (Phi) is 5.28. The topological polar surface area (TPSA) is 52.7 Å². The van der Waals surface area contributed by atoms with E-state index in [-0.39, 0.29) is 17.9 Å². The number of carbonyl (C=O) groups is 2. The third-order valence-corrected chi connectivity index (χ3v) is 4.76. The van der Waals surface area contributed by atoms with E-state index in [4.69, 9.17) is 0 Å². The normalized spacial score (nSPS) is 22.2. The van der Waals surface area contributed by atoms with Crippen molar-refractivity contribution in [3.8, 4) is 0 Å². The largest absolute Gasteiger partial charge is 0.353 e. The number of benzene rings is 1. The van der Waals surface area contributed by atoms with Gasteiger partial charge in [0.2, 0.25) is 11.8 Å². The molecule has 2 amide bonds. The van der Waals surface area contributed by atoms with Crippen molar-refractivity contribution in [3.63, 3.8) is 0 Å². The molecule has 0 aliphatic carbocycles. The number of carbonyl (C=O) groups excluding carboxylic acids is 2. The molecule has 2 saturated heterocycles. The molecule has 3 rings (SSSR count). The first kappa shape index (κ1) is 16.0. The predicted octanol–water partition coefficient (Wildman–Crippen LogP) is 1.04. The molecule has 2 aliphatic heterocycles. The minimum atomic E-state index is -0.163. The SMILES string of the molecule is O=C1NCCN2CCCN(C(=O)CCCc3ccccc3)CC12. The number of rotatable bonds is 4. The zero-order valence-corrected chi connectivity index (χ0v) is 13.5. The monoisotopic (exact) mass is 315 g/mol. The number of aryl methyl sites for hydroxylation is 1. The molecule has 0 spiro atoms. The molecule has 1 aromatic carbocycles. The molecule has 1 atom stereocenters. The van der Waals surface area contributed by atoms with E-state index < -0.39 is 0 Å². The molecule has 0 radical (unpaired) electrons. The van der Waals surface area contributed by atoms with Crippen molar-refractivity contribution in [2.24, 2.45) is 0 Å². The number of nitrogens with zero attached hydrogens (tertiary/aromatic N) is 2. The Labute approximate surface area is 137 Å². The van der Waals surface area contributed by atoms with Crippen LogP contribution in [0.3, 0.4) is 0 Å². The average Bonchev–Trinajstić information content (AvgIpc) is 2.79. The summed E-state index contributed by atoms with van der Waals surface area (Å²) in [5, 5.41) is 2.91.